The lowest BCUT2D eigenvalue weighted by Crippen LogP contribution is -2.13. The maximum Gasteiger partial charge on any atom is 0.0290 e. The molecule has 2 heteroatoms. The summed E-state index contributed by atoms with van der Waals surface area (Å²) in [6.45, 7) is 1.31. The Labute approximate surface area is 49.4 Å². The molecule has 1 rings (SSSR count). The van der Waals surface area contributed by atoms with Crippen molar-refractivity contribution in [2.75, 3.05) is 13.1 Å². The Balaban J connectivity index is 2.17. The van der Waals surface area contributed by atoms with Crippen LogP contribution in [0.15, 0.2) is 0 Å². The first-order chi connectivity index (χ1) is 3.89. The molecule has 8 heavy (non-hydrogen) atoms. The van der Waals surface area contributed by atoms with Gasteiger partial charge < -0.3 is 0 Å². The van der Waals surface area contributed by atoms with Crippen LogP contribution < -0.4 is 0 Å². The van der Waals surface area contributed by atoms with Crippen molar-refractivity contribution < 1.29 is 4.48 Å². The second-order valence-electron chi connectivity index (χ2n) is 2.32. The Morgan fingerprint density at radius 3 is 1.88 bits per heavy atom. The fourth-order valence-corrected chi connectivity index (χ4v) is 1.03. The van der Waals surface area contributed by atoms with Gasteiger partial charge in [0.05, 0.1) is 0 Å². The summed E-state index contributed by atoms with van der Waals surface area (Å²) in [6.07, 6.45) is 4.49. The normalized spacial score (nSPS) is 25.1. The van der Waals surface area contributed by atoms with Gasteiger partial charge in [0, 0.05) is 13.1 Å². The fraction of sp³-hybridized carbons (Fsp3) is 1.00. The minimum absolute atomic E-state index is 0.653. The third-order valence-corrected chi connectivity index (χ3v) is 1.55. The van der Waals surface area contributed by atoms with Crippen molar-refractivity contribution in [3.05, 3.63) is 0 Å². The van der Waals surface area contributed by atoms with E-state index < -0.39 is 0 Å². The molecule has 0 bridgehead atoms. The summed E-state index contributed by atoms with van der Waals surface area (Å²) in [5.74, 6) is 0. The number of nitrogens with zero attached hydrogens (tertiary/aromatic N) is 1. The van der Waals surface area contributed by atoms with Crippen molar-refractivity contribution >= 4 is 0 Å². The van der Waals surface area contributed by atoms with Crippen LogP contribution in [0.5, 0.6) is 0 Å². The molecule has 1 fully saturated rings. The molecule has 1 saturated heterocycles. The predicted octanol–water partition coefficient (Wildman–Crippen LogP) is 1.75. The highest BCUT2D eigenvalue weighted by atomic mass is 19.2. The third kappa shape index (κ3) is 1.78. The topological polar surface area (TPSA) is 3.24 Å². The van der Waals surface area contributed by atoms with Gasteiger partial charge in [0.1, 0.15) is 0 Å². The summed E-state index contributed by atoms with van der Waals surface area (Å²) in [5, 5.41) is 0.924. The molecule has 0 amide bonds. The average Bonchev–Trinajstić information content (AvgIpc) is 1.94. The fourth-order valence-electron chi connectivity index (χ4n) is 1.03. The van der Waals surface area contributed by atoms with Crippen LogP contribution in [0.1, 0.15) is 25.7 Å². The van der Waals surface area contributed by atoms with Crippen LogP contribution in [-0.2, 0) is 0 Å². The monoisotopic (exact) mass is 117 g/mol. The molecule has 48 valence electrons. The molecule has 0 N–H and O–H groups in total. The summed E-state index contributed by atoms with van der Waals surface area (Å²) in [6, 6.07) is 0. The highest BCUT2D eigenvalue weighted by Gasteiger charge is 2.05. The Morgan fingerprint density at radius 2 is 1.38 bits per heavy atom. The predicted molar refractivity (Wildman–Crippen MR) is 31.1 cm³/mol. The Bertz CT molecular complexity index is 57.5. The van der Waals surface area contributed by atoms with E-state index >= 15 is 0 Å². The van der Waals surface area contributed by atoms with Crippen LogP contribution in [0, 0.1) is 0 Å². The molecule has 0 spiro atoms. The minimum atomic E-state index is 0.653. The molecule has 0 atom stereocenters. The lowest BCUT2D eigenvalue weighted by Gasteiger charge is -2.04. The molecule has 0 aromatic carbocycles. The van der Waals surface area contributed by atoms with E-state index in [2.05, 4.69) is 0 Å². The third-order valence-electron chi connectivity index (χ3n) is 1.55. The maximum absolute atomic E-state index is 12.3. The zero-order valence-electron chi connectivity index (χ0n) is 5.07. The van der Waals surface area contributed by atoms with Crippen molar-refractivity contribution in [3.63, 3.8) is 0 Å². The van der Waals surface area contributed by atoms with Crippen molar-refractivity contribution in [2.24, 2.45) is 0 Å². The van der Waals surface area contributed by atoms with Gasteiger partial charge in [-0.05, 0) is 12.8 Å². The van der Waals surface area contributed by atoms with Gasteiger partial charge in [0.25, 0.3) is 0 Å². The van der Waals surface area contributed by atoms with Crippen molar-refractivity contribution in [3.8, 4) is 0 Å². The van der Waals surface area contributed by atoms with E-state index in [1.54, 1.807) is 0 Å². The van der Waals surface area contributed by atoms with Gasteiger partial charge in [-0.1, -0.05) is 12.8 Å². The molecule has 0 radical (unpaired) electrons. The lowest BCUT2D eigenvalue weighted by atomic mass is 10.2. The van der Waals surface area contributed by atoms with Crippen LogP contribution in [-0.4, -0.2) is 18.2 Å². The molecule has 0 aromatic heterocycles. The highest BCUT2D eigenvalue weighted by molar-refractivity contribution is 4.54. The molecule has 1 aliphatic heterocycles. The molecular weight excluding hydrogens is 105 g/mol. The van der Waals surface area contributed by atoms with E-state index in [4.69, 9.17) is 0 Å². The largest absolute Gasteiger partial charge is 0.146 e. The van der Waals surface area contributed by atoms with E-state index in [0.29, 0.717) is 13.1 Å². The molecule has 0 saturated carbocycles. The van der Waals surface area contributed by atoms with Crippen molar-refractivity contribution in [2.45, 2.75) is 25.7 Å². The molecule has 1 aliphatic rings. The number of hydrogen-bond donors (Lipinski definition) is 0. The molecular formula is C6H12FN. The second-order valence-corrected chi connectivity index (χ2v) is 2.32. The first kappa shape index (κ1) is 6.02. The van der Waals surface area contributed by atoms with Crippen LogP contribution in [0.2, 0.25) is 0 Å². The van der Waals surface area contributed by atoms with Gasteiger partial charge >= 0.3 is 0 Å². The molecule has 1 nitrogen and oxygen atoms in total. The minimum Gasteiger partial charge on any atom is -0.146 e. The van der Waals surface area contributed by atoms with Gasteiger partial charge in [-0.25, -0.2) is 0 Å². The summed E-state index contributed by atoms with van der Waals surface area (Å²) in [7, 11) is 0. The smallest absolute Gasteiger partial charge is 0.0290 e. The SMILES string of the molecule is FN1CCCCCC1. The summed E-state index contributed by atoms with van der Waals surface area (Å²) >= 11 is 0. The van der Waals surface area contributed by atoms with E-state index in [9.17, 15) is 4.48 Å². The summed E-state index contributed by atoms with van der Waals surface area (Å²) in [4.78, 5) is 0. The molecule has 1 heterocycles. The Hall–Kier alpha value is -0.110. The number of halogens is 1. The maximum atomic E-state index is 12.3. The van der Waals surface area contributed by atoms with Crippen LogP contribution in [0.25, 0.3) is 0 Å². The zero-order chi connectivity index (χ0) is 5.82. The summed E-state index contributed by atoms with van der Waals surface area (Å²) in [5.41, 5.74) is 0. The van der Waals surface area contributed by atoms with Gasteiger partial charge in [0.15, 0.2) is 0 Å². The van der Waals surface area contributed by atoms with Crippen molar-refractivity contribution in [1.82, 2.24) is 5.12 Å². The standard InChI is InChI=1S/C6H12FN/c7-8-5-3-1-2-4-6-8/h1-6H2. The Morgan fingerprint density at radius 1 is 0.875 bits per heavy atom. The Kier molecular flexibility index (Phi) is 2.27. The molecule has 0 unspecified atom stereocenters. The second kappa shape index (κ2) is 3.02. The van der Waals surface area contributed by atoms with Crippen LogP contribution >= 0.6 is 0 Å². The van der Waals surface area contributed by atoms with Crippen LogP contribution in [0.4, 0.5) is 4.48 Å². The average molecular weight is 117 g/mol. The van der Waals surface area contributed by atoms with Gasteiger partial charge in [-0.15, -0.1) is 9.60 Å². The quantitative estimate of drug-likeness (QED) is 0.437. The number of rotatable bonds is 0. The van der Waals surface area contributed by atoms with Gasteiger partial charge in [-0.3, -0.25) is 0 Å². The van der Waals surface area contributed by atoms with Crippen LogP contribution in [0.3, 0.4) is 0 Å². The molecule has 0 aromatic rings. The highest BCUT2D eigenvalue weighted by Crippen LogP contribution is 2.08. The lowest BCUT2D eigenvalue weighted by molar-refractivity contribution is 0.0302. The van der Waals surface area contributed by atoms with E-state index in [1.165, 1.54) is 12.8 Å². The zero-order valence-corrected chi connectivity index (χ0v) is 5.07. The van der Waals surface area contributed by atoms with Gasteiger partial charge in [-0.2, -0.15) is 0 Å². The first-order valence-corrected chi connectivity index (χ1v) is 3.30. The number of hydrogen-bond acceptors (Lipinski definition) is 1. The van der Waals surface area contributed by atoms with E-state index in [0.717, 1.165) is 18.0 Å². The van der Waals surface area contributed by atoms with E-state index in [1.807, 2.05) is 0 Å². The first-order valence-electron chi connectivity index (χ1n) is 3.30. The summed E-state index contributed by atoms with van der Waals surface area (Å²) < 4.78 is 12.3. The van der Waals surface area contributed by atoms with Gasteiger partial charge in [0.2, 0.25) is 0 Å². The van der Waals surface area contributed by atoms with Crippen molar-refractivity contribution in [1.29, 1.82) is 0 Å². The van der Waals surface area contributed by atoms with E-state index in [-0.39, 0.29) is 0 Å². The molecule has 0 aliphatic carbocycles.